The Morgan fingerprint density at radius 3 is 2.37 bits per heavy atom. The molecule has 0 radical (unpaired) electrons. The van der Waals surface area contributed by atoms with Crippen LogP contribution in [0.1, 0.15) is 73.9 Å². The van der Waals surface area contributed by atoms with E-state index >= 15 is 0 Å². The predicted molar refractivity (Wildman–Crippen MR) is 105 cm³/mol. The van der Waals surface area contributed by atoms with Crippen molar-refractivity contribution in [2.75, 3.05) is 12.4 Å². The van der Waals surface area contributed by atoms with E-state index in [0.717, 1.165) is 23.1 Å². The fourth-order valence-electron chi connectivity index (χ4n) is 3.29. The number of Topliss-reactive ketones (excluding diaryl/α,β-unsaturated/α-hetero) is 1. The third-order valence-corrected chi connectivity index (χ3v) is 4.70. The Hall–Kier alpha value is -2.89. The monoisotopic (exact) mass is 370 g/mol. The average molecular weight is 370 g/mol. The SMILES string of the molecule is CCCc1c(C(=O)Nc2cc(C)c(C)c(C(=O)OC)c2)[nH]c(C)c1C(C)=O. The Bertz CT molecular complexity index is 909. The molecule has 0 atom stereocenters. The smallest absolute Gasteiger partial charge is 0.338 e. The van der Waals surface area contributed by atoms with Crippen LogP contribution in [-0.2, 0) is 11.2 Å². The molecule has 0 aliphatic carbocycles. The number of amides is 1. The maximum absolute atomic E-state index is 12.9. The van der Waals surface area contributed by atoms with Gasteiger partial charge < -0.3 is 15.0 Å². The summed E-state index contributed by atoms with van der Waals surface area (Å²) in [7, 11) is 1.32. The molecule has 1 aromatic heterocycles. The molecule has 1 aromatic carbocycles. The average Bonchev–Trinajstić information content (AvgIpc) is 2.94. The minimum atomic E-state index is -0.451. The summed E-state index contributed by atoms with van der Waals surface area (Å²) in [4.78, 5) is 39.9. The minimum absolute atomic E-state index is 0.0644. The lowest BCUT2D eigenvalue weighted by Gasteiger charge is -2.12. The Morgan fingerprint density at radius 1 is 1.15 bits per heavy atom. The molecule has 0 bridgehead atoms. The Labute approximate surface area is 159 Å². The highest BCUT2D eigenvalue weighted by Crippen LogP contribution is 2.24. The lowest BCUT2D eigenvalue weighted by molar-refractivity contribution is 0.0599. The van der Waals surface area contributed by atoms with Gasteiger partial charge >= 0.3 is 5.97 Å². The van der Waals surface area contributed by atoms with Crippen molar-refractivity contribution < 1.29 is 19.1 Å². The fourth-order valence-corrected chi connectivity index (χ4v) is 3.29. The molecule has 0 saturated heterocycles. The van der Waals surface area contributed by atoms with Crippen LogP contribution in [0.4, 0.5) is 5.69 Å². The third kappa shape index (κ3) is 4.10. The van der Waals surface area contributed by atoms with E-state index in [4.69, 9.17) is 4.74 Å². The van der Waals surface area contributed by atoms with E-state index in [0.29, 0.717) is 34.6 Å². The summed E-state index contributed by atoms with van der Waals surface area (Å²) >= 11 is 0. The molecule has 6 nitrogen and oxygen atoms in total. The standard InChI is InChI=1S/C21H26N2O4/c1-7-8-16-18(14(5)24)13(4)22-19(16)20(25)23-15-9-11(2)12(3)17(10-15)21(26)27-6/h9-10,22H,7-8H2,1-6H3,(H,23,25). The van der Waals surface area contributed by atoms with Gasteiger partial charge in [-0.25, -0.2) is 4.79 Å². The van der Waals surface area contributed by atoms with Crippen LogP contribution < -0.4 is 5.32 Å². The molecule has 0 unspecified atom stereocenters. The van der Waals surface area contributed by atoms with E-state index in [1.807, 2.05) is 20.8 Å². The van der Waals surface area contributed by atoms with Crippen molar-refractivity contribution in [2.45, 2.75) is 47.5 Å². The summed E-state index contributed by atoms with van der Waals surface area (Å²) in [6.07, 6.45) is 1.44. The molecule has 1 amide bonds. The number of aryl methyl sites for hydroxylation is 2. The second kappa shape index (κ2) is 8.20. The topological polar surface area (TPSA) is 88.3 Å². The summed E-state index contributed by atoms with van der Waals surface area (Å²) in [5.74, 6) is -0.855. The number of hydrogen-bond donors (Lipinski definition) is 2. The Morgan fingerprint density at radius 2 is 1.81 bits per heavy atom. The quantitative estimate of drug-likeness (QED) is 0.591. The van der Waals surface area contributed by atoms with Gasteiger partial charge in [-0.05, 0) is 62.9 Å². The number of carbonyl (C=O) groups is 3. The number of aromatic nitrogens is 1. The first-order valence-corrected chi connectivity index (χ1v) is 8.94. The summed E-state index contributed by atoms with van der Waals surface area (Å²) in [5.41, 5.74) is 4.98. The fraction of sp³-hybridized carbons (Fsp3) is 0.381. The Kier molecular flexibility index (Phi) is 6.20. The van der Waals surface area contributed by atoms with Gasteiger partial charge in [0.1, 0.15) is 5.69 Å². The largest absolute Gasteiger partial charge is 0.465 e. The lowest BCUT2D eigenvalue weighted by Crippen LogP contribution is -2.16. The molecular formula is C21H26N2O4. The van der Waals surface area contributed by atoms with Gasteiger partial charge in [0, 0.05) is 16.9 Å². The van der Waals surface area contributed by atoms with Crippen molar-refractivity contribution in [3.05, 3.63) is 51.3 Å². The van der Waals surface area contributed by atoms with Crippen LogP contribution in [0.25, 0.3) is 0 Å². The first-order valence-electron chi connectivity index (χ1n) is 8.94. The third-order valence-electron chi connectivity index (χ3n) is 4.70. The molecule has 2 N–H and O–H groups in total. The molecule has 0 spiro atoms. The molecule has 6 heteroatoms. The lowest BCUT2D eigenvalue weighted by atomic mass is 10.0. The molecule has 2 aromatic rings. The number of esters is 1. The van der Waals surface area contributed by atoms with Crippen LogP contribution in [0, 0.1) is 20.8 Å². The number of ketones is 1. The van der Waals surface area contributed by atoms with Crippen molar-refractivity contribution in [1.29, 1.82) is 0 Å². The zero-order valence-corrected chi connectivity index (χ0v) is 16.7. The van der Waals surface area contributed by atoms with Crippen LogP contribution >= 0.6 is 0 Å². The molecule has 0 saturated carbocycles. The van der Waals surface area contributed by atoms with Crippen molar-refractivity contribution in [3.8, 4) is 0 Å². The zero-order chi connectivity index (χ0) is 20.3. The van der Waals surface area contributed by atoms with Crippen LogP contribution in [0.5, 0.6) is 0 Å². The number of benzene rings is 1. The van der Waals surface area contributed by atoms with E-state index in [1.165, 1.54) is 14.0 Å². The van der Waals surface area contributed by atoms with Crippen LogP contribution in [0.15, 0.2) is 12.1 Å². The number of aromatic amines is 1. The van der Waals surface area contributed by atoms with E-state index in [1.54, 1.807) is 19.1 Å². The Balaban J connectivity index is 2.44. The maximum atomic E-state index is 12.9. The highest BCUT2D eigenvalue weighted by atomic mass is 16.5. The molecule has 27 heavy (non-hydrogen) atoms. The number of ether oxygens (including phenoxy) is 1. The van der Waals surface area contributed by atoms with Gasteiger partial charge in [-0.3, -0.25) is 9.59 Å². The first kappa shape index (κ1) is 20.4. The number of methoxy groups -OCH3 is 1. The number of nitrogens with one attached hydrogen (secondary N) is 2. The molecule has 0 aliphatic heterocycles. The number of anilines is 1. The van der Waals surface area contributed by atoms with Crippen LogP contribution in [0.3, 0.4) is 0 Å². The normalized spacial score (nSPS) is 10.6. The molecular weight excluding hydrogens is 344 g/mol. The second-order valence-corrected chi connectivity index (χ2v) is 6.70. The number of rotatable bonds is 6. The van der Waals surface area contributed by atoms with Crippen molar-refractivity contribution in [2.24, 2.45) is 0 Å². The first-order chi connectivity index (χ1) is 12.7. The van der Waals surface area contributed by atoms with Crippen LogP contribution in [0.2, 0.25) is 0 Å². The van der Waals surface area contributed by atoms with E-state index < -0.39 is 5.97 Å². The van der Waals surface area contributed by atoms with Gasteiger partial charge in [0.2, 0.25) is 0 Å². The molecule has 144 valence electrons. The summed E-state index contributed by atoms with van der Waals surface area (Å²) in [6.45, 7) is 8.99. The molecule has 2 rings (SSSR count). The second-order valence-electron chi connectivity index (χ2n) is 6.70. The highest BCUT2D eigenvalue weighted by molar-refractivity contribution is 6.08. The predicted octanol–water partition coefficient (Wildman–Crippen LogP) is 4.13. The van der Waals surface area contributed by atoms with E-state index in [2.05, 4.69) is 10.3 Å². The number of H-pyrrole nitrogens is 1. The van der Waals surface area contributed by atoms with Gasteiger partial charge in [0.05, 0.1) is 12.7 Å². The van der Waals surface area contributed by atoms with Crippen LogP contribution in [-0.4, -0.2) is 29.8 Å². The summed E-state index contributed by atoms with van der Waals surface area (Å²) in [6, 6.07) is 3.41. The highest BCUT2D eigenvalue weighted by Gasteiger charge is 2.23. The van der Waals surface area contributed by atoms with Crippen molar-refractivity contribution in [1.82, 2.24) is 4.98 Å². The van der Waals surface area contributed by atoms with Gasteiger partial charge in [-0.1, -0.05) is 13.3 Å². The minimum Gasteiger partial charge on any atom is -0.465 e. The van der Waals surface area contributed by atoms with Gasteiger partial charge in [-0.15, -0.1) is 0 Å². The van der Waals surface area contributed by atoms with Crippen molar-refractivity contribution >= 4 is 23.3 Å². The molecule has 0 aliphatic rings. The number of carbonyl (C=O) groups excluding carboxylic acids is 3. The zero-order valence-electron chi connectivity index (χ0n) is 16.7. The van der Waals surface area contributed by atoms with Gasteiger partial charge in [-0.2, -0.15) is 0 Å². The maximum Gasteiger partial charge on any atom is 0.338 e. The molecule has 0 fully saturated rings. The van der Waals surface area contributed by atoms with E-state index in [-0.39, 0.29) is 11.7 Å². The summed E-state index contributed by atoms with van der Waals surface area (Å²) in [5, 5.41) is 2.83. The number of hydrogen-bond acceptors (Lipinski definition) is 4. The van der Waals surface area contributed by atoms with E-state index in [9.17, 15) is 14.4 Å². The van der Waals surface area contributed by atoms with Gasteiger partial charge in [0.25, 0.3) is 5.91 Å². The van der Waals surface area contributed by atoms with Gasteiger partial charge in [0.15, 0.2) is 5.78 Å². The van der Waals surface area contributed by atoms with Crippen molar-refractivity contribution in [3.63, 3.8) is 0 Å². The molecule has 1 heterocycles. The summed E-state index contributed by atoms with van der Waals surface area (Å²) < 4.78 is 4.82.